The first-order chi connectivity index (χ1) is 9.19. The Hall–Kier alpha value is -0.640. The van der Waals surface area contributed by atoms with Crippen LogP contribution < -0.4 is 5.32 Å². The first-order valence-corrected chi connectivity index (χ1v) is 8.34. The monoisotopic (exact) mass is 337 g/mol. The minimum atomic E-state index is 0.416. The van der Waals surface area contributed by atoms with Gasteiger partial charge in [0.05, 0.1) is 3.79 Å². The summed E-state index contributed by atoms with van der Waals surface area (Å²) in [6.07, 6.45) is 2.21. The summed E-state index contributed by atoms with van der Waals surface area (Å²) in [5.74, 6) is 0. The van der Waals surface area contributed by atoms with Crippen LogP contribution in [0.15, 0.2) is 40.2 Å². The molecule has 2 rings (SSSR count). The van der Waals surface area contributed by atoms with E-state index in [0.29, 0.717) is 6.04 Å². The van der Waals surface area contributed by atoms with Crippen LogP contribution in [-0.2, 0) is 6.42 Å². The Balaban J connectivity index is 2.11. The van der Waals surface area contributed by atoms with Crippen molar-refractivity contribution in [3.8, 4) is 0 Å². The second-order valence-corrected chi connectivity index (χ2v) is 7.33. The molecule has 0 saturated heterocycles. The molecule has 0 amide bonds. The second-order valence-electron chi connectivity index (χ2n) is 4.84. The first kappa shape index (κ1) is 14.8. The van der Waals surface area contributed by atoms with Gasteiger partial charge < -0.3 is 5.32 Å². The van der Waals surface area contributed by atoms with Crippen molar-refractivity contribution in [3.05, 3.63) is 56.2 Å². The van der Waals surface area contributed by atoms with E-state index in [4.69, 9.17) is 0 Å². The maximum absolute atomic E-state index is 3.65. The topological polar surface area (TPSA) is 12.0 Å². The number of aryl methyl sites for hydroxylation is 1. The Morgan fingerprint density at radius 2 is 1.89 bits per heavy atom. The lowest BCUT2D eigenvalue weighted by molar-refractivity contribution is 0.536. The van der Waals surface area contributed by atoms with Crippen molar-refractivity contribution in [1.82, 2.24) is 5.32 Å². The van der Waals surface area contributed by atoms with Gasteiger partial charge in [0.2, 0.25) is 0 Å². The average molecular weight is 338 g/mol. The number of nitrogens with one attached hydrogen (secondary N) is 1. The van der Waals surface area contributed by atoms with Crippen molar-refractivity contribution in [2.75, 3.05) is 6.54 Å². The normalized spacial score (nSPS) is 12.6. The molecule has 0 fully saturated rings. The highest BCUT2D eigenvalue weighted by molar-refractivity contribution is 9.11. The van der Waals surface area contributed by atoms with Crippen LogP contribution in [-0.4, -0.2) is 6.54 Å². The zero-order valence-electron chi connectivity index (χ0n) is 11.4. The van der Waals surface area contributed by atoms with E-state index in [1.54, 1.807) is 0 Å². The summed E-state index contributed by atoms with van der Waals surface area (Å²) in [4.78, 5) is 1.40. The molecule has 0 aliphatic carbocycles. The summed E-state index contributed by atoms with van der Waals surface area (Å²) >= 11 is 5.38. The van der Waals surface area contributed by atoms with Crippen molar-refractivity contribution in [2.24, 2.45) is 0 Å². The number of benzene rings is 1. The van der Waals surface area contributed by atoms with Gasteiger partial charge in [-0.1, -0.05) is 36.8 Å². The quantitative estimate of drug-likeness (QED) is 0.772. The molecule has 1 unspecified atom stereocenters. The maximum atomic E-state index is 3.65. The lowest BCUT2D eigenvalue weighted by atomic mass is 10.0. The summed E-state index contributed by atoms with van der Waals surface area (Å²) in [7, 11) is 0. The third-order valence-electron chi connectivity index (χ3n) is 3.14. The van der Waals surface area contributed by atoms with Crippen LogP contribution in [0, 0.1) is 6.92 Å². The van der Waals surface area contributed by atoms with E-state index in [1.807, 2.05) is 11.3 Å². The lowest BCUT2D eigenvalue weighted by Crippen LogP contribution is -2.23. The number of rotatable bonds is 6. The molecule has 0 aliphatic rings. The summed E-state index contributed by atoms with van der Waals surface area (Å²) in [6.45, 7) is 5.40. The van der Waals surface area contributed by atoms with Crippen molar-refractivity contribution < 1.29 is 0 Å². The molecule has 1 atom stereocenters. The van der Waals surface area contributed by atoms with Crippen LogP contribution >= 0.6 is 27.3 Å². The minimum absolute atomic E-state index is 0.416. The van der Waals surface area contributed by atoms with Crippen LogP contribution in [0.4, 0.5) is 0 Å². The molecule has 0 spiro atoms. The number of halogens is 1. The van der Waals surface area contributed by atoms with Crippen molar-refractivity contribution >= 4 is 27.3 Å². The van der Waals surface area contributed by atoms with Gasteiger partial charge in [0.15, 0.2) is 0 Å². The minimum Gasteiger partial charge on any atom is -0.309 e. The van der Waals surface area contributed by atoms with E-state index in [1.165, 1.54) is 19.8 Å². The fourth-order valence-corrected chi connectivity index (χ4v) is 3.57. The van der Waals surface area contributed by atoms with Gasteiger partial charge in [-0.25, -0.2) is 0 Å². The Bertz CT molecular complexity index is 504. The molecule has 1 heterocycles. The zero-order valence-corrected chi connectivity index (χ0v) is 13.9. The van der Waals surface area contributed by atoms with E-state index in [9.17, 15) is 0 Å². The highest BCUT2D eigenvalue weighted by Gasteiger charge is 2.13. The molecule has 1 aromatic carbocycles. The molecule has 1 N–H and O–H groups in total. The molecule has 0 bridgehead atoms. The smallest absolute Gasteiger partial charge is 0.0701 e. The highest BCUT2D eigenvalue weighted by Crippen LogP contribution is 2.29. The van der Waals surface area contributed by atoms with Gasteiger partial charge in [-0.15, -0.1) is 11.3 Å². The first-order valence-electron chi connectivity index (χ1n) is 6.73. The largest absolute Gasteiger partial charge is 0.309 e. The van der Waals surface area contributed by atoms with Crippen LogP contribution in [0.25, 0.3) is 0 Å². The lowest BCUT2D eigenvalue weighted by Gasteiger charge is -2.17. The van der Waals surface area contributed by atoms with Gasteiger partial charge in [-0.3, -0.25) is 0 Å². The standard InChI is InChI=1S/C16H20BrNS/c1-3-10-18-14(15-8-9-16(17)19-15)11-13-6-4-12(2)5-7-13/h4-9,14,18H,3,10-11H2,1-2H3. The van der Waals surface area contributed by atoms with Crippen LogP contribution in [0.1, 0.15) is 35.4 Å². The van der Waals surface area contributed by atoms with E-state index in [2.05, 4.69) is 71.5 Å². The van der Waals surface area contributed by atoms with Crippen molar-refractivity contribution in [2.45, 2.75) is 32.7 Å². The van der Waals surface area contributed by atoms with Gasteiger partial charge in [0, 0.05) is 10.9 Å². The third-order valence-corrected chi connectivity index (χ3v) is 4.88. The maximum Gasteiger partial charge on any atom is 0.0701 e. The van der Waals surface area contributed by atoms with E-state index >= 15 is 0 Å². The number of hydrogen-bond acceptors (Lipinski definition) is 2. The highest BCUT2D eigenvalue weighted by atomic mass is 79.9. The Morgan fingerprint density at radius 1 is 1.16 bits per heavy atom. The predicted octanol–water partition coefficient (Wildman–Crippen LogP) is 5.10. The van der Waals surface area contributed by atoms with Crippen LogP contribution in [0.3, 0.4) is 0 Å². The molecule has 0 aliphatic heterocycles. The summed E-state index contributed by atoms with van der Waals surface area (Å²) in [5, 5.41) is 3.65. The van der Waals surface area contributed by atoms with Gasteiger partial charge >= 0.3 is 0 Å². The van der Waals surface area contributed by atoms with Crippen molar-refractivity contribution in [1.29, 1.82) is 0 Å². The summed E-state index contributed by atoms with van der Waals surface area (Å²) in [6, 6.07) is 13.6. The molecule has 3 heteroatoms. The average Bonchev–Trinajstić information content (AvgIpc) is 2.83. The molecule has 19 heavy (non-hydrogen) atoms. The fraction of sp³-hybridized carbons (Fsp3) is 0.375. The van der Waals surface area contributed by atoms with Gasteiger partial charge in [-0.05, 0) is 59.9 Å². The van der Waals surface area contributed by atoms with Crippen LogP contribution in [0.2, 0.25) is 0 Å². The molecule has 0 radical (unpaired) electrons. The SMILES string of the molecule is CCCNC(Cc1ccc(C)cc1)c1ccc(Br)s1. The molecule has 102 valence electrons. The number of hydrogen-bond donors (Lipinski definition) is 1. The van der Waals surface area contributed by atoms with E-state index in [0.717, 1.165) is 19.4 Å². The van der Waals surface area contributed by atoms with Gasteiger partial charge in [-0.2, -0.15) is 0 Å². The fourth-order valence-electron chi connectivity index (χ4n) is 2.07. The Kier molecular flexibility index (Phi) is 5.61. The predicted molar refractivity (Wildman–Crippen MR) is 87.9 cm³/mol. The molecule has 0 saturated carbocycles. The zero-order chi connectivity index (χ0) is 13.7. The third kappa shape index (κ3) is 4.44. The molecule has 2 aromatic rings. The van der Waals surface area contributed by atoms with E-state index < -0.39 is 0 Å². The molecule has 1 aromatic heterocycles. The van der Waals surface area contributed by atoms with E-state index in [-0.39, 0.29) is 0 Å². The van der Waals surface area contributed by atoms with Gasteiger partial charge in [0.1, 0.15) is 0 Å². The molecular formula is C16H20BrNS. The van der Waals surface area contributed by atoms with Gasteiger partial charge in [0.25, 0.3) is 0 Å². The molecule has 1 nitrogen and oxygen atoms in total. The Morgan fingerprint density at radius 3 is 2.47 bits per heavy atom. The van der Waals surface area contributed by atoms with Crippen molar-refractivity contribution in [3.63, 3.8) is 0 Å². The van der Waals surface area contributed by atoms with Crippen LogP contribution in [0.5, 0.6) is 0 Å². The second kappa shape index (κ2) is 7.22. The molecular weight excluding hydrogens is 318 g/mol. The summed E-state index contributed by atoms with van der Waals surface area (Å²) < 4.78 is 1.20. The number of thiophene rings is 1. The Labute approximate surface area is 128 Å². The summed E-state index contributed by atoms with van der Waals surface area (Å²) in [5.41, 5.74) is 2.71.